The van der Waals surface area contributed by atoms with Gasteiger partial charge in [-0.15, -0.1) is 0 Å². The van der Waals surface area contributed by atoms with Crippen molar-refractivity contribution in [1.82, 2.24) is 9.55 Å². The maximum Gasteiger partial charge on any atom is 0.351 e. The molecule has 10 nitrogen and oxygen atoms in total. The Bertz CT molecular complexity index is 647. The Morgan fingerprint density at radius 1 is 1.43 bits per heavy atom. The van der Waals surface area contributed by atoms with Crippen molar-refractivity contribution in [2.45, 2.75) is 24.5 Å². The number of nitrogens with zero attached hydrogens (tertiary/aromatic N) is 2. The molecule has 1 radical (unpaired) electrons. The second-order valence-corrected chi connectivity index (χ2v) is 6.71. The van der Waals surface area contributed by atoms with Gasteiger partial charge >= 0.3 is 13.3 Å². The minimum atomic E-state index is -4.58. The summed E-state index contributed by atoms with van der Waals surface area (Å²) >= 11 is 3.05. The van der Waals surface area contributed by atoms with E-state index in [9.17, 15) is 19.6 Å². The summed E-state index contributed by atoms with van der Waals surface area (Å²) in [5.74, 6) is -0.0670. The molecule has 4 atom stereocenters. The van der Waals surface area contributed by atoms with Gasteiger partial charge in [0.25, 0.3) is 0 Å². The van der Waals surface area contributed by atoms with Crippen LogP contribution in [0.4, 0.5) is 5.82 Å². The predicted molar refractivity (Wildman–Crippen MR) is 72.9 cm³/mol. The number of hydrogen-bond donors (Lipinski definition) is 5. The lowest BCUT2D eigenvalue weighted by atomic mass is 10.1. The number of nitrogens with two attached hydrogens (primary N) is 1. The molecule has 1 saturated heterocycles. The average molecular weight is 385 g/mol. The average Bonchev–Trinajstić information content (AvgIpc) is 2.60. The largest absolute Gasteiger partial charge is 0.387 e. The van der Waals surface area contributed by atoms with E-state index >= 15 is 0 Å². The van der Waals surface area contributed by atoms with Crippen LogP contribution in [0.1, 0.15) is 6.23 Å². The van der Waals surface area contributed by atoms with Crippen LogP contribution in [0.25, 0.3) is 0 Å². The lowest BCUT2D eigenvalue weighted by Crippen LogP contribution is -2.35. The summed E-state index contributed by atoms with van der Waals surface area (Å²) < 4.78 is 17.2. The Balaban J connectivity index is 2.32. The Hall–Kier alpha value is -0.810. The van der Waals surface area contributed by atoms with E-state index in [4.69, 9.17) is 20.3 Å². The maximum absolute atomic E-state index is 11.7. The van der Waals surface area contributed by atoms with Gasteiger partial charge in [-0.25, -0.2) is 4.79 Å². The van der Waals surface area contributed by atoms with Crippen LogP contribution >= 0.6 is 23.5 Å². The summed E-state index contributed by atoms with van der Waals surface area (Å²) in [5, 5.41) is 19.6. The molecule has 0 bridgehead atoms. The van der Waals surface area contributed by atoms with Crippen LogP contribution in [-0.4, -0.2) is 47.9 Å². The number of rotatable bonds is 3. The van der Waals surface area contributed by atoms with Gasteiger partial charge in [0, 0.05) is 6.20 Å². The predicted octanol–water partition coefficient (Wildman–Crippen LogP) is -1.45. The topological polar surface area (TPSA) is 168 Å². The van der Waals surface area contributed by atoms with Crippen LogP contribution in [0.15, 0.2) is 15.5 Å². The number of halogens is 1. The Kier molecular flexibility index (Phi) is 4.54. The van der Waals surface area contributed by atoms with E-state index in [1.165, 1.54) is 6.20 Å². The SMILES string of the molecule is Nc1nc(=O)n(C2OC([CH]P(=O)(O)O)C(O)C2O)cc1Br. The molecule has 1 aromatic heterocycles. The van der Waals surface area contributed by atoms with Crippen molar-refractivity contribution in [3.05, 3.63) is 27.3 Å². The van der Waals surface area contributed by atoms with E-state index in [0.717, 1.165) is 4.57 Å². The first-order valence-corrected chi connectivity index (χ1v) is 8.04. The van der Waals surface area contributed by atoms with E-state index in [2.05, 4.69) is 20.9 Å². The van der Waals surface area contributed by atoms with Gasteiger partial charge in [0.05, 0.1) is 4.47 Å². The van der Waals surface area contributed by atoms with Gasteiger partial charge in [0.1, 0.15) is 30.3 Å². The van der Waals surface area contributed by atoms with Crippen LogP contribution in [-0.2, 0) is 9.30 Å². The molecule has 1 fully saturated rings. The number of nitrogen functional groups attached to an aromatic ring is 1. The summed E-state index contributed by atoms with van der Waals surface area (Å²) in [7, 11) is -4.58. The second-order valence-electron chi connectivity index (χ2n) is 4.37. The highest BCUT2D eigenvalue weighted by molar-refractivity contribution is 9.10. The van der Waals surface area contributed by atoms with Gasteiger partial charge in [-0.3, -0.25) is 9.13 Å². The minimum Gasteiger partial charge on any atom is -0.387 e. The third kappa shape index (κ3) is 3.51. The quantitative estimate of drug-likeness (QED) is 0.391. The summed E-state index contributed by atoms with van der Waals surface area (Å²) in [6.45, 7) is 0. The standard InChI is InChI=1S/C9H12BrN3O7P/c10-3-1-13(9(16)12-7(3)11)8-6(15)5(14)4(20-8)2-21(17,18)19/h1-2,4-6,8,14-15H,(H2,11,12,16)(H2,17,18,19). The third-order valence-electron chi connectivity index (χ3n) is 2.82. The van der Waals surface area contributed by atoms with Crippen LogP contribution in [0, 0.1) is 6.16 Å². The van der Waals surface area contributed by atoms with Crippen LogP contribution < -0.4 is 11.4 Å². The molecular formula is C9H12BrN3O7P. The van der Waals surface area contributed by atoms with E-state index < -0.39 is 37.8 Å². The number of hydrogen-bond acceptors (Lipinski definition) is 7. The number of aromatic nitrogens is 2. The molecule has 1 aliphatic heterocycles. The molecule has 2 heterocycles. The number of aliphatic hydroxyl groups excluding tert-OH is 2. The Morgan fingerprint density at radius 3 is 2.62 bits per heavy atom. The van der Waals surface area contributed by atoms with E-state index in [1.54, 1.807) is 0 Å². The third-order valence-corrected chi connectivity index (χ3v) is 4.12. The molecule has 1 aliphatic rings. The zero-order valence-electron chi connectivity index (χ0n) is 10.3. The molecule has 6 N–H and O–H groups in total. The van der Waals surface area contributed by atoms with Gasteiger partial charge in [0.15, 0.2) is 6.23 Å². The maximum atomic E-state index is 11.7. The summed E-state index contributed by atoms with van der Waals surface area (Å²) in [5.41, 5.74) is 4.58. The minimum absolute atomic E-state index is 0.0670. The van der Waals surface area contributed by atoms with Crippen LogP contribution in [0.3, 0.4) is 0 Å². The highest BCUT2D eigenvalue weighted by atomic mass is 79.9. The molecule has 0 amide bonds. The molecule has 0 aromatic carbocycles. The second kappa shape index (κ2) is 5.76. The van der Waals surface area contributed by atoms with Gasteiger partial charge in [-0.05, 0) is 15.9 Å². The molecule has 0 saturated carbocycles. The van der Waals surface area contributed by atoms with Crippen molar-refractivity contribution >= 4 is 29.3 Å². The van der Waals surface area contributed by atoms with Crippen molar-refractivity contribution in [3.8, 4) is 0 Å². The highest BCUT2D eigenvalue weighted by Crippen LogP contribution is 2.44. The van der Waals surface area contributed by atoms with Crippen LogP contribution in [0.2, 0.25) is 0 Å². The number of ether oxygens (including phenoxy) is 1. The number of aliphatic hydroxyl groups is 2. The van der Waals surface area contributed by atoms with E-state index in [1.807, 2.05) is 0 Å². The van der Waals surface area contributed by atoms with Gasteiger partial charge < -0.3 is 30.5 Å². The smallest absolute Gasteiger partial charge is 0.351 e. The lowest BCUT2D eigenvalue weighted by molar-refractivity contribution is -0.0314. The molecular weight excluding hydrogens is 373 g/mol. The first-order valence-electron chi connectivity index (χ1n) is 5.57. The zero-order chi connectivity index (χ0) is 15.9. The summed E-state index contributed by atoms with van der Waals surface area (Å²) in [4.78, 5) is 32.9. The molecule has 4 unspecified atom stereocenters. The van der Waals surface area contributed by atoms with E-state index in [-0.39, 0.29) is 10.3 Å². The fourth-order valence-corrected chi connectivity index (χ4v) is 2.81. The van der Waals surface area contributed by atoms with Crippen LogP contribution in [0.5, 0.6) is 0 Å². The first kappa shape index (κ1) is 16.6. The highest BCUT2D eigenvalue weighted by Gasteiger charge is 2.46. The van der Waals surface area contributed by atoms with Gasteiger partial charge in [-0.1, -0.05) is 0 Å². The number of anilines is 1. The molecule has 0 aliphatic carbocycles. The Labute approximate surface area is 126 Å². The fraction of sp³-hybridized carbons (Fsp3) is 0.444. The van der Waals surface area contributed by atoms with Crippen molar-refractivity contribution < 1.29 is 29.3 Å². The fourth-order valence-electron chi connectivity index (χ4n) is 1.87. The normalized spacial score (nSPS) is 29.8. The van der Waals surface area contributed by atoms with Gasteiger partial charge in [-0.2, -0.15) is 4.98 Å². The molecule has 1 aromatic rings. The first-order chi connectivity index (χ1) is 9.60. The van der Waals surface area contributed by atoms with Crippen molar-refractivity contribution in [1.29, 1.82) is 0 Å². The zero-order valence-corrected chi connectivity index (χ0v) is 12.8. The van der Waals surface area contributed by atoms with Gasteiger partial charge in [0.2, 0.25) is 0 Å². The lowest BCUT2D eigenvalue weighted by Gasteiger charge is -2.17. The van der Waals surface area contributed by atoms with Crippen molar-refractivity contribution in [3.63, 3.8) is 0 Å². The van der Waals surface area contributed by atoms with Crippen molar-refractivity contribution in [2.24, 2.45) is 0 Å². The Morgan fingerprint density at radius 2 is 2.05 bits per heavy atom. The molecule has 21 heavy (non-hydrogen) atoms. The molecule has 0 spiro atoms. The molecule has 2 rings (SSSR count). The molecule has 12 heteroatoms. The summed E-state index contributed by atoms with van der Waals surface area (Å²) in [6, 6.07) is 0. The summed E-state index contributed by atoms with van der Waals surface area (Å²) in [6.07, 6.45) is -4.31. The van der Waals surface area contributed by atoms with E-state index in [0.29, 0.717) is 6.16 Å². The monoisotopic (exact) mass is 384 g/mol. The van der Waals surface area contributed by atoms with Crippen molar-refractivity contribution in [2.75, 3.05) is 5.73 Å². The molecule has 117 valence electrons.